The van der Waals surface area contributed by atoms with E-state index in [1.807, 2.05) is 24.3 Å². The number of rotatable bonds is 6. The van der Waals surface area contributed by atoms with Crippen LogP contribution >= 0.6 is 23.6 Å². The largest absolute Gasteiger partial charge is 0.465 e. The molecular weight excluding hydrogens is 352 g/mol. The minimum absolute atomic E-state index is 0.360. The Kier molecular flexibility index (Phi) is 6.96. The van der Waals surface area contributed by atoms with Crippen LogP contribution in [0.1, 0.15) is 53.9 Å². The average Bonchev–Trinajstić information content (AvgIpc) is 3.03. The lowest BCUT2D eigenvalue weighted by molar-refractivity contribution is 0.0602. The van der Waals surface area contributed by atoms with Crippen molar-refractivity contribution in [2.45, 2.75) is 39.5 Å². The Hall–Kier alpha value is -1.92. The highest BCUT2D eigenvalue weighted by Crippen LogP contribution is 2.30. The Morgan fingerprint density at radius 3 is 2.64 bits per heavy atom. The van der Waals surface area contributed by atoms with E-state index in [4.69, 9.17) is 17.0 Å². The number of anilines is 2. The number of para-hydroxylation sites is 1. The summed E-state index contributed by atoms with van der Waals surface area (Å²) < 4.78 is 4.86. The number of carbonyl (C=O) groups excluding carboxylic acids is 1. The van der Waals surface area contributed by atoms with E-state index in [2.05, 4.69) is 37.5 Å². The maximum absolute atomic E-state index is 12.0. The van der Waals surface area contributed by atoms with Gasteiger partial charge in [-0.25, -0.2) is 4.79 Å². The van der Waals surface area contributed by atoms with Crippen LogP contribution in [0.2, 0.25) is 0 Å². The molecular formula is C19H24N2O2S2. The van der Waals surface area contributed by atoms with Crippen molar-refractivity contribution in [2.75, 3.05) is 17.7 Å². The SMILES string of the molecule is CCc1cc(C(=O)OC)c(NC(=S)Nc2ccccc2C(C)CC)s1. The number of ether oxygens (including phenoxy) is 1. The van der Waals surface area contributed by atoms with Crippen LogP contribution < -0.4 is 10.6 Å². The fourth-order valence-corrected chi connectivity index (χ4v) is 3.75. The predicted molar refractivity (Wildman–Crippen MR) is 110 cm³/mol. The van der Waals surface area contributed by atoms with Crippen molar-refractivity contribution in [1.82, 2.24) is 0 Å². The van der Waals surface area contributed by atoms with Crippen molar-refractivity contribution < 1.29 is 9.53 Å². The number of thiophene rings is 1. The van der Waals surface area contributed by atoms with Crippen molar-refractivity contribution in [2.24, 2.45) is 0 Å². The van der Waals surface area contributed by atoms with Crippen LogP contribution in [0.15, 0.2) is 30.3 Å². The van der Waals surface area contributed by atoms with Gasteiger partial charge < -0.3 is 15.4 Å². The first kappa shape index (κ1) is 19.4. The maximum atomic E-state index is 12.0. The molecule has 0 spiro atoms. The van der Waals surface area contributed by atoms with Gasteiger partial charge in [0.25, 0.3) is 0 Å². The Bertz CT molecular complexity index is 756. The van der Waals surface area contributed by atoms with E-state index >= 15 is 0 Å². The zero-order chi connectivity index (χ0) is 18.4. The molecule has 1 aromatic heterocycles. The molecule has 0 aliphatic rings. The summed E-state index contributed by atoms with van der Waals surface area (Å²) in [4.78, 5) is 13.1. The summed E-state index contributed by atoms with van der Waals surface area (Å²) in [6, 6.07) is 10.00. The molecule has 0 saturated carbocycles. The Labute approximate surface area is 158 Å². The minimum Gasteiger partial charge on any atom is -0.465 e. The van der Waals surface area contributed by atoms with Crippen LogP contribution in [-0.4, -0.2) is 18.2 Å². The molecule has 25 heavy (non-hydrogen) atoms. The Morgan fingerprint density at radius 1 is 1.28 bits per heavy atom. The molecule has 134 valence electrons. The summed E-state index contributed by atoms with van der Waals surface area (Å²) in [5.41, 5.74) is 2.73. The van der Waals surface area contributed by atoms with Gasteiger partial charge in [0, 0.05) is 10.6 Å². The number of benzene rings is 1. The van der Waals surface area contributed by atoms with E-state index in [1.54, 1.807) is 0 Å². The molecule has 0 aliphatic heterocycles. The number of nitrogens with one attached hydrogen (secondary N) is 2. The molecule has 2 N–H and O–H groups in total. The third-order valence-electron chi connectivity index (χ3n) is 4.12. The smallest absolute Gasteiger partial charge is 0.340 e. The molecule has 1 unspecified atom stereocenters. The minimum atomic E-state index is -0.360. The second kappa shape index (κ2) is 8.97. The lowest BCUT2D eigenvalue weighted by Gasteiger charge is -2.17. The number of hydrogen-bond donors (Lipinski definition) is 2. The van der Waals surface area contributed by atoms with E-state index in [0.29, 0.717) is 21.6 Å². The van der Waals surface area contributed by atoms with Gasteiger partial charge in [-0.3, -0.25) is 0 Å². The molecule has 1 heterocycles. The second-order valence-electron chi connectivity index (χ2n) is 5.78. The molecule has 0 amide bonds. The molecule has 2 rings (SSSR count). The molecule has 4 nitrogen and oxygen atoms in total. The summed E-state index contributed by atoms with van der Waals surface area (Å²) >= 11 is 6.98. The fourth-order valence-electron chi connectivity index (χ4n) is 2.49. The number of aryl methyl sites for hydroxylation is 1. The van der Waals surface area contributed by atoms with Crippen LogP contribution in [0.4, 0.5) is 10.7 Å². The molecule has 6 heteroatoms. The zero-order valence-electron chi connectivity index (χ0n) is 15.0. The standard InChI is InChI=1S/C19H24N2O2S2/c1-5-12(3)14-9-7-8-10-16(14)20-19(24)21-17-15(18(22)23-4)11-13(6-2)25-17/h7-12H,5-6H2,1-4H3,(H2,20,21,24). The highest BCUT2D eigenvalue weighted by Gasteiger charge is 2.17. The summed E-state index contributed by atoms with van der Waals surface area (Å²) in [5, 5.41) is 7.59. The highest BCUT2D eigenvalue weighted by molar-refractivity contribution is 7.80. The summed E-state index contributed by atoms with van der Waals surface area (Å²) in [7, 11) is 1.38. The number of methoxy groups -OCH3 is 1. The van der Waals surface area contributed by atoms with Gasteiger partial charge in [-0.15, -0.1) is 11.3 Å². The first-order chi connectivity index (χ1) is 12.0. The summed E-state index contributed by atoms with van der Waals surface area (Å²) in [6.45, 7) is 6.41. The number of hydrogen-bond acceptors (Lipinski definition) is 4. The first-order valence-electron chi connectivity index (χ1n) is 8.38. The monoisotopic (exact) mass is 376 g/mol. The fraction of sp³-hybridized carbons (Fsp3) is 0.368. The Balaban J connectivity index is 2.19. The van der Waals surface area contributed by atoms with Crippen LogP contribution in [-0.2, 0) is 11.2 Å². The molecule has 0 bridgehead atoms. The van der Waals surface area contributed by atoms with Gasteiger partial charge >= 0.3 is 5.97 Å². The third-order valence-corrected chi connectivity index (χ3v) is 5.52. The van der Waals surface area contributed by atoms with Gasteiger partial charge in [-0.05, 0) is 48.7 Å². The van der Waals surface area contributed by atoms with Crippen molar-refractivity contribution >= 4 is 45.3 Å². The molecule has 0 saturated heterocycles. The van der Waals surface area contributed by atoms with E-state index in [-0.39, 0.29) is 5.97 Å². The van der Waals surface area contributed by atoms with Crippen LogP contribution in [0, 0.1) is 0 Å². The van der Waals surface area contributed by atoms with Crippen molar-refractivity contribution in [3.05, 3.63) is 46.3 Å². The topological polar surface area (TPSA) is 50.4 Å². The van der Waals surface area contributed by atoms with Crippen LogP contribution in [0.3, 0.4) is 0 Å². The third kappa shape index (κ3) is 4.80. The quantitative estimate of drug-likeness (QED) is 0.521. The number of esters is 1. The maximum Gasteiger partial charge on any atom is 0.340 e. The van der Waals surface area contributed by atoms with Crippen molar-refractivity contribution in [3.63, 3.8) is 0 Å². The Morgan fingerprint density at radius 2 is 2.00 bits per heavy atom. The molecule has 1 aromatic carbocycles. The van der Waals surface area contributed by atoms with Gasteiger partial charge in [-0.2, -0.15) is 0 Å². The predicted octanol–water partition coefficient (Wildman–Crippen LogP) is 5.42. The van der Waals surface area contributed by atoms with Gasteiger partial charge in [0.05, 0.1) is 12.7 Å². The number of thiocarbonyl (C=S) groups is 1. The van der Waals surface area contributed by atoms with Crippen LogP contribution in [0.25, 0.3) is 0 Å². The first-order valence-corrected chi connectivity index (χ1v) is 9.60. The van der Waals surface area contributed by atoms with E-state index in [9.17, 15) is 4.79 Å². The zero-order valence-corrected chi connectivity index (χ0v) is 16.6. The number of carbonyl (C=O) groups is 1. The van der Waals surface area contributed by atoms with Gasteiger partial charge in [0.15, 0.2) is 5.11 Å². The summed E-state index contributed by atoms with van der Waals surface area (Å²) in [6.07, 6.45) is 1.91. The van der Waals surface area contributed by atoms with E-state index < -0.39 is 0 Å². The van der Waals surface area contributed by atoms with Gasteiger partial charge in [0.2, 0.25) is 0 Å². The molecule has 0 fully saturated rings. The molecule has 1 atom stereocenters. The van der Waals surface area contributed by atoms with Gasteiger partial charge in [0.1, 0.15) is 5.00 Å². The van der Waals surface area contributed by atoms with Crippen molar-refractivity contribution in [3.8, 4) is 0 Å². The van der Waals surface area contributed by atoms with E-state index in [0.717, 1.165) is 23.4 Å². The highest BCUT2D eigenvalue weighted by atomic mass is 32.1. The molecule has 0 aliphatic carbocycles. The average molecular weight is 377 g/mol. The normalized spacial score (nSPS) is 11.7. The molecule has 0 radical (unpaired) electrons. The molecule has 2 aromatic rings. The van der Waals surface area contributed by atoms with Gasteiger partial charge in [-0.1, -0.05) is 39.0 Å². The lowest BCUT2D eigenvalue weighted by Crippen LogP contribution is -2.21. The second-order valence-corrected chi connectivity index (χ2v) is 7.32. The summed E-state index contributed by atoms with van der Waals surface area (Å²) in [5.74, 6) is 0.0758. The van der Waals surface area contributed by atoms with Crippen molar-refractivity contribution in [1.29, 1.82) is 0 Å². The van der Waals surface area contributed by atoms with Crippen LogP contribution in [0.5, 0.6) is 0 Å². The lowest BCUT2D eigenvalue weighted by atomic mass is 9.97. The van der Waals surface area contributed by atoms with E-state index in [1.165, 1.54) is 24.0 Å².